The Hall–Kier alpha value is -1.54. The minimum absolute atomic E-state index is 0.149. The smallest absolute Gasteiger partial charge is 0.105 e. The van der Waals surface area contributed by atoms with Gasteiger partial charge in [-0.05, 0) is 30.5 Å². The van der Waals surface area contributed by atoms with Crippen LogP contribution in [0.3, 0.4) is 0 Å². The molecule has 1 aliphatic rings. The fraction of sp³-hybridized carbons (Fsp3) is 0.333. The van der Waals surface area contributed by atoms with Crippen molar-refractivity contribution in [2.24, 2.45) is 5.73 Å². The molecule has 0 aliphatic heterocycles. The van der Waals surface area contributed by atoms with Gasteiger partial charge in [-0.15, -0.1) is 0 Å². The van der Waals surface area contributed by atoms with E-state index in [1.165, 1.54) is 18.4 Å². The average Bonchev–Trinajstić information content (AvgIpc) is 3.04. The first kappa shape index (κ1) is 10.6. The Morgan fingerprint density at radius 2 is 1.88 bits per heavy atom. The highest BCUT2D eigenvalue weighted by Crippen LogP contribution is 2.50. The molecule has 0 amide bonds. The number of nitrogens with two attached hydrogens (primary N) is 1. The van der Waals surface area contributed by atoms with Gasteiger partial charge < -0.3 is 10.2 Å². The van der Waals surface area contributed by atoms with Crippen LogP contribution < -0.4 is 5.73 Å². The van der Waals surface area contributed by atoms with Crippen LogP contribution in [0.1, 0.15) is 24.2 Å². The predicted molar refractivity (Wildman–Crippen MR) is 67.7 cm³/mol. The van der Waals surface area contributed by atoms with Crippen LogP contribution in [0.25, 0.3) is 0 Å². The van der Waals surface area contributed by atoms with Gasteiger partial charge in [0.05, 0.1) is 6.26 Å². The lowest BCUT2D eigenvalue weighted by Crippen LogP contribution is -2.36. The molecule has 0 bridgehead atoms. The van der Waals surface area contributed by atoms with Crippen LogP contribution in [0.5, 0.6) is 0 Å². The van der Waals surface area contributed by atoms with Gasteiger partial charge in [0.15, 0.2) is 0 Å². The van der Waals surface area contributed by atoms with E-state index < -0.39 is 0 Å². The van der Waals surface area contributed by atoms with Crippen molar-refractivity contribution < 1.29 is 4.42 Å². The highest BCUT2D eigenvalue weighted by atomic mass is 16.3. The maximum atomic E-state index is 6.38. The summed E-state index contributed by atoms with van der Waals surface area (Å²) in [5.41, 5.74) is 7.94. The van der Waals surface area contributed by atoms with Gasteiger partial charge in [0.25, 0.3) is 0 Å². The lowest BCUT2D eigenvalue weighted by molar-refractivity contribution is 0.441. The summed E-state index contributed by atoms with van der Waals surface area (Å²) in [7, 11) is 0. The topological polar surface area (TPSA) is 39.2 Å². The van der Waals surface area contributed by atoms with Crippen molar-refractivity contribution >= 4 is 0 Å². The second kappa shape index (κ2) is 4.04. The molecule has 17 heavy (non-hydrogen) atoms. The molecule has 2 N–H and O–H groups in total. The number of rotatable bonds is 4. The Kier molecular flexibility index (Phi) is 2.52. The summed E-state index contributed by atoms with van der Waals surface area (Å²) in [6.45, 7) is 0. The maximum absolute atomic E-state index is 6.38. The molecule has 2 aromatic rings. The zero-order chi connectivity index (χ0) is 11.7. The third-order valence-corrected chi connectivity index (χ3v) is 3.85. The van der Waals surface area contributed by atoms with Gasteiger partial charge in [0.1, 0.15) is 5.76 Å². The van der Waals surface area contributed by atoms with Crippen LogP contribution in [0.4, 0.5) is 0 Å². The van der Waals surface area contributed by atoms with Gasteiger partial charge >= 0.3 is 0 Å². The third kappa shape index (κ3) is 1.89. The van der Waals surface area contributed by atoms with E-state index in [1.54, 1.807) is 6.26 Å². The molecule has 2 heteroatoms. The molecule has 1 unspecified atom stereocenters. The molecule has 3 rings (SSSR count). The van der Waals surface area contributed by atoms with E-state index in [1.807, 2.05) is 12.1 Å². The summed E-state index contributed by atoms with van der Waals surface area (Å²) in [5, 5.41) is 0. The second-order valence-electron chi connectivity index (χ2n) is 4.91. The van der Waals surface area contributed by atoms with Crippen LogP contribution >= 0.6 is 0 Å². The largest absolute Gasteiger partial charge is 0.469 e. The van der Waals surface area contributed by atoms with E-state index in [2.05, 4.69) is 30.3 Å². The quantitative estimate of drug-likeness (QED) is 0.872. The van der Waals surface area contributed by atoms with Crippen LogP contribution in [0.15, 0.2) is 53.1 Å². The molecule has 1 aromatic heterocycles. The first-order valence-electron chi connectivity index (χ1n) is 6.15. The predicted octanol–water partition coefficient (Wildman–Crippen LogP) is 2.88. The summed E-state index contributed by atoms with van der Waals surface area (Å²) >= 11 is 0. The highest BCUT2D eigenvalue weighted by molar-refractivity contribution is 5.34. The molecule has 88 valence electrons. The third-order valence-electron chi connectivity index (χ3n) is 3.85. The zero-order valence-corrected chi connectivity index (χ0v) is 9.80. The Bertz CT molecular complexity index is 471. The zero-order valence-electron chi connectivity index (χ0n) is 9.80. The number of hydrogen-bond acceptors (Lipinski definition) is 2. The normalized spacial score (nSPS) is 18.9. The van der Waals surface area contributed by atoms with Crippen molar-refractivity contribution in [3.8, 4) is 0 Å². The summed E-state index contributed by atoms with van der Waals surface area (Å²) < 4.78 is 5.38. The molecule has 1 aromatic carbocycles. The summed E-state index contributed by atoms with van der Waals surface area (Å²) in [6.07, 6.45) is 4.92. The molecule has 0 radical (unpaired) electrons. The van der Waals surface area contributed by atoms with Crippen LogP contribution in [0.2, 0.25) is 0 Å². The Labute approximate surface area is 101 Å². The van der Waals surface area contributed by atoms with Crippen molar-refractivity contribution in [3.05, 3.63) is 60.1 Å². The fourth-order valence-electron chi connectivity index (χ4n) is 2.62. The monoisotopic (exact) mass is 227 g/mol. The number of hydrogen-bond donors (Lipinski definition) is 1. The molecular weight excluding hydrogens is 210 g/mol. The van der Waals surface area contributed by atoms with Crippen LogP contribution in [-0.2, 0) is 11.8 Å². The van der Waals surface area contributed by atoms with E-state index in [-0.39, 0.29) is 11.5 Å². The van der Waals surface area contributed by atoms with Gasteiger partial charge in [-0.25, -0.2) is 0 Å². The second-order valence-corrected chi connectivity index (χ2v) is 4.91. The van der Waals surface area contributed by atoms with E-state index >= 15 is 0 Å². The van der Waals surface area contributed by atoms with Gasteiger partial charge in [0.2, 0.25) is 0 Å². The average molecular weight is 227 g/mol. The lowest BCUT2D eigenvalue weighted by Gasteiger charge is -2.23. The van der Waals surface area contributed by atoms with Crippen molar-refractivity contribution in [1.82, 2.24) is 0 Å². The maximum Gasteiger partial charge on any atom is 0.105 e. The molecule has 1 heterocycles. The molecule has 1 atom stereocenters. The van der Waals surface area contributed by atoms with E-state index in [4.69, 9.17) is 10.2 Å². The molecule has 1 fully saturated rings. The van der Waals surface area contributed by atoms with Crippen molar-refractivity contribution in [3.63, 3.8) is 0 Å². The SMILES string of the molecule is NC(Cc1ccco1)C1(c2ccccc2)CC1. The first-order chi connectivity index (χ1) is 8.31. The summed E-state index contributed by atoms with van der Waals surface area (Å²) in [6, 6.07) is 14.7. The van der Waals surface area contributed by atoms with E-state index in [0.29, 0.717) is 0 Å². The van der Waals surface area contributed by atoms with Crippen LogP contribution in [-0.4, -0.2) is 6.04 Å². The van der Waals surface area contributed by atoms with Gasteiger partial charge in [-0.2, -0.15) is 0 Å². The van der Waals surface area contributed by atoms with Crippen LogP contribution in [0, 0.1) is 0 Å². The summed E-state index contributed by atoms with van der Waals surface area (Å²) in [4.78, 5) is 0. The van der Waals surface area contributed by atoms with Gasteiger partial charge in [-0.3, -0.25) is 0 Å². The molecule has 0 saturated heterocycles. The number of furan rings is 1. The standard InChI is InChI=1S/C15H17NO/c16-14(11-13-7-4-10-17-13)15(8-9-15)12-5-2-1-3-6-12/h1-7,10,14H,8-9,11,16H2. The Balaban J connectivity index is 1.80. The number of benzene rings is 1. The summed E-state index contributed by atoms with van der Waals surface area (Å²) in [5.74, 6) is 0.986. The molecular formula is C15H17NO. The highest BCUT2D eigenvalue weighted by Gasteiger charge is 2.49. The van der Waals surface area contributed by atoms with Gasteiger partial charge in [0, 0.05) is 17.9 Å². The Morgan fingerprint density at radius 3 is 2.47 bits per heavy atom. The van der Waals surface area contributed by atoms with Crippen molar-refractivity contribution in [2.45, 2.75) is 30.7 Å². The lowest BCUT2D eigenvalue weighted by atomic mass is 9.86. The van der Waals surface area contributed by atoms with Gasteiger partial charge in [-0.1, -0.05) is 30.3 Å². The first-order valence-corrected chi connectivity index (χ1v) is 6.15. The molecule has 1 saturated carbocycles. The molecule has 2 nitrogen and oxygen atoms in total. The fourth-order valence-corrected chi connectivity index (χ4v) is 2.62. The molecule has 1 aliphatic carbocycles. The Morgan fingerprint density at radius 1 is 1.12 bits per heavy atom. The minimum Gasteiger partial charge on any atom is -0.469 e. The van der Waals surface area contributed by atoms with E-state index in [0.717, 1.165) is 12.2 Å². The van der Waals surface area contributed by atoms with E-state index in [9.17, 15) is 0 Å². The minimum atomic E-state index is 0.149. The van der Waals surface area contributed by atoms with Crippen molar-refractivity contribution in [2.75, 3.05) is 0 Å². The van der Waals surface area contributed by atoms with Crippen molar-refractivity contribution in [1.29, 1.82) is 0 Å². The molecule has 0 spiro atoms.